The van der Waals surface area contributed by atoms with Gasteiger partial charge in [0, 0.05) is 36.5 Å². The molecule has 1 unspecified atom stereocenters. The van der Waals surface area contributed by atoms with E-state index < -0.39 is 0 Å². The van der Waals surface area contributed by atoms with Crippen LogP contribution in [0.4, 0.5) is 0 Å². The first-order valence-corrected chi connectivity index (χ1v) is 10.5. The standard InChI is InChI=1S/C24H26N4O3/c1-17-11-21(31-27-17)16-30-23-8-7-19(22-6-3-9-26-24(22)29-2)12-20(23)15-28-10-4-5-18(13-25)14-28/h3,6-9,11-12,18H,4-5,10,14-16H2,1-2H3. The van der Waals surface area contributed by atoms with E-state index in [2.05, 4.69) is 27.2 Å². The van der Waals surface area contributed by atoms with Crippen molar-refractivity contribution in [3.05, 3.63) is 59.6 Å². The summed E-state index contributed by atoms with van der Waals surface area (Å²) >= 11 is 0. The van der Waals surface area contributed by atoms with Gasteiger partial charge in [0.2, 0.25) is 5.88 Å². The van der Waals surface area contributed by atoms with Crippen LogP contribution in [0.1, 0.15) is 29.9 Å². The number of benzene rings is 1. The van der Waals surface area contributed by atoms with Gasteiger partial charge in [0.05, 0.1) is 24.8 Å². The maximum Gasteiger partial charge on any atom is 0.221 e. The molecular weight excluding hydrogens is 392 g/mol. The van der Waals surface area contributed by atoms with Gasteiger partial charge in [0.25, 0.3) is 0 Å². The minimum absolute atomic E-state index is 0.0805. The van der Waals surface area contributed by atoms with Gasteiger partial charge < -0.3 is 14.0 Å². The molecule has 160 valence electrons. The third-order valence-corrected chi connectivity index (χ3v) is 5.46. The van der Waals surface area contributed by atoms with Gasteiger partial charge in [-0.3, -0.25) is 4.90 Å². The van der Waals surface area contributed by atoms with E-state index in [0.717, 1.165) is 54.1 Å². The van der Waals surface area contributed by atoms with Gasteiger partial charge in [-0.1, -0.05) is 11.2 Å². The fraction of sp³-hybridized carbons (Fsp3) is 0.375. The van der Waals surface area contributed by atoms with E-state index in [4.69, 9.17) is 14.0 Å². The highest BCUT2D eigenvalue weighted by Gasteiger charge is 2.21. The second-order valence-electron chi connectivity index (χ2n) is 7.81. The Labute approximate surface area is 182 Å². The molecule has 31 heavy (non-hydrogen) atoms. The fourth-order valence-corrected chi connectivity index (χ4v) is 3.96. The molecule has 4 rings (SSSR count). The van der Waals surface area contributed by atoms with Gasteiger partial charge in [0.15, 0.2) is 5.76 Å². The summed E-state index contributed by atoms with van der Waals surface area (Å²) in [6.45, 7) is 4.65. The summed E-state index contributed by atoms with van der Waals surface area (Å²) in [4.78, 5) is 6.64. The monoisotopic (exact) mass is 418 g/mol. The van der Waals surface area contributed by atoms with E-state index in [1.165, 1.54) is 0 Å². The second kappa shape index (κ2) is 9.63. The molecule has 0 spiro atoms. The van der Waals surface area contributed by atoms with Crippen LogP contribution in [0.2, 0.25) is 0 Å². The highest BCUT2D eigenvalue weighted by atomic mass is 16.5. The Morgan fingerprint density at radius 1 is 1.29 bits per heavy atom. The van der Waals surface area contributed by atoms with E-state index in [0.29, 0.717) is 24.8 Å². The number of methoxy groups -OCH3 is 1. The molecule has 1 aromatic carbocycles. The number of ether oxygens (including phenoxy) is 2. The summed E-state index contributed by atoms with van der Waals surface area (Å²) < 4.78 is 16.8. The lowest BCUT2D eigenvalue weighted by atomic mass is 9.98. The molecule has 1 saturated heterocycles. The average molecular weight is 418 g/mol. The van der Waals surface area contributed by atoms with E-state index >= 15 is 0 Å². The van der Waals surface area contributed by atoms with E-state index in [9.17, 15) is 5.26 Å². The molecule has 3 heterocycles. The van der Waals surface area contributed by atoms with Gasteiger partial charge in [-0.2, -0.15) is 5.26 Å². The topological polar surface area (TPSA) is 84.4 Å². The summed E-state index contributed by atoms with van der Waals surface area (Å²) in [6, 6.07) is 14.3. The lowest BCUT2D eigenvalue weighted by Crippen LogP contribution is -2.34. The molecule has 0 amide bonds. The number of aromatic nitrogens is 2. The van der Waals surface area contributed by atoms with Crippen molar-refractivity contribution >= 4 is 0 Å². The Bertz CT molecular complexity index is 1070. The van der Waals surface area contributed by atoms with Crippen LogP contribution in [0.3, 0.4) is 0 Å². The van der Waals surface area contributed by atoms with Crippen molar-refractivity contribution in [1.29, 1.82) is 5.26 Å². The number of likely N-dealkylation sites (tertiary alicyclic amines) is 1. The molecule has 0 radical (unpaired) electrons. The SMILES string of the molecule is COc1ncccc1-c1ccc(OCc2cc(C)no2)c(CN2CCCC(C#N)C2)c1. The van der Waals surface area contributed by atoms with Crippen molar-refractivity contribution in [2.24, 2.45) is 5.92 Å². The highest BCUT2D eigenvalue weighted by Crippen LogP contribution is 2.33. The molecule has 7 nitrogen and oxygen atoms in total. The lowest BCUT2D eigenvalue weighted by molar-refractivity contribution is 0.186. The second-order valence-corrected chi connectivity index (χ2v) is 7.81. The minimum atomic E-state index is 0.0805. The number of piperidine rings is 1. The molecule has 3 aromatic rings. The van der Waals surface area contributed by atoms with Gasteiger partial charge in [-0.05, 0) is 56.1 Å². The number of hydrogen-bond acceptors (Lipinski definition) is 7. The number of hydrogen-bond donors (Lipinski definition) is 0. The van der Waals surface area contributed by atoms with Crippen LogP contribution in [0.15, 0.2) is 47.1 Å². The largest absolute Gasteiger partial charge is 0.485 e. The Kier molecular flexibility index (Phi) is 6.48. The zero-order valence-electron chi connectivity index (χ0n) is 17.9. The summed E-state index contributed by atoms with van der Waals surface area (Å²) in [6.07, 6.45) is 3.71. The molecule has 1 fully saturated rings. The van der Waals surface area contributed by atoms with Gasteiger partial charge >= 0.3 is 0 Å². The van der Waals surface area contributed by atoms with Crippen molar-refractivity contribution < 1.29 is 14.0 Å². The first-order chi connectivity index (χ1) is 15.2. The van der Waals surface area contributed by atoms with Crippen LogP contribution in [-0.4, -0.2) is 35.2 Å². The van der Waals surface area contributed by atoms with Crippen LogP contribution >= 0.6 is 0 Å². The Balaban J connectivity index is 1.62. The maximum atomic E-state index is 9.35. The fourth-order valence-electron chi connectivity index (χ4n) is 3.96. The molecule has 0 N–H and O–H groups in total. The van der Waals surface area contributed by atoms with Gasteiger partial charge in [-0.25, -0.2) is 4.98 Å². The number of rotatable bonds is 7. The maximum absolute atomic E-state index is 9.35. The highest BCUT2D eigenvalue weighted by molar-refractivity contribution is 5.70. The smallest absolute Gasteiger partial charge is 0.221 e. The number of nitrogens with zero attached hydrogens (tertiary/aromatic N) is 4. The van der Waals surface area contributed by atoms with Gasteiger partial charge in [0.1, 0.15) is 12.4 Å². The summed E-state index contributed by atoms with van der Waals surface area (Å²) in [5, 5.41) is 13.3. The van der Waals surface area contributed by atoms with Crippen molar-refractivity contribution in [1.82, 2.24) is 15.0 Å². The predicted octanol–water partition coefficient (Wildman–Crippen LogP) is 4.37. The van der Waals surface area contributed by atoms with Crippen molar-refractivity contribution in [2.45, 2.75) is 32.9 Å². The predicted molar refractivity (Wildman–Crippen MR) is 115 cm³/mol. The molecule has 1 aliphatic heterocycles. The van der Waals surface area contributed by atoms with Crippen molar-refractivity contribution in [2.75, 3.05) is 20.2 Å². The van der Waals surface area contributed by atoms with E-state index in [1.807, 2.05) is 37.3 Å². The number of nitriles is 1. The number of pyridine rings is 1. The van der Waals surface area contributed by atoms with Gasteiger partial charge in [-0.15, -0.1) is 0 Å². The Morgan fingerprint density at radius 2 is 2.19 bits per heavy atom. The third kappa shape index (κ3) is 5.04. The molecule has 1 atom stereocenters. The minimum Gasteiger partial charge on any atom is -0.485 e. The van der Waals surface area contributed by atoms with E-state index in [-0.39, 0.29) is 5.92 Å². The Hall–Kier alpha value is -3.37. The zero-order chi connectivity index (χ0) is 21.6. The Morgan fingerprint density at radius 3 is 2.97 bits per heavy atom. The summed E-state index contributed by atoms with van der Waals surface area (Å²) in [7, 11) is 1.62. The van der Waals surface area contributed by atoms with Crippen molar-refractivity contribution in [3.63, 3.8) is 0 Å². The molecule has 0 saturated carbocycles. The third-order valence-electron chi connectivity index (χ3n) is 5.46. The first kappa shape index (κ1) is 20.9. The van der Waals surface area contributed by atoms with Crippen LogP contribution in [-0.2, 0) is 13.2 Å². The molecule has 1 aliphatic rings. The number of aryl methyl sites for hydroxylation is 1. The summed E-state index contributed by atoms with van der Waals surface area (Å²) in [5.41, 5.74) is 3.82. The van der Waals surface area contributed by atoms with Crippen LogP contribution in [0.5, 0.6) is 11.6 Å². The summed E-state index contributed by atoms with van der Waals surface area (Å²) in [5.74, 6) is 2.14. The quantitative estimate of drug-likeness (QED) is 0.563. The normalized spacial score (nSPS) is 16.6. The molecule has 0 bridgehead atoms. The van der Waals surface area contributed by atoms with Crippen LogP contribution in [0, 0.1) is 24.2 Å². The molecule has 0 aliphatic carbocycles. The molecule has 2 aromatic heterocycles. The average Bonchev–Trinajstić information content (AvgIpc) is 3.23. The van der Waals surface area contributed by atoms with E-state index in [1.54, 1.807) is 13.3 Å². The van der Waals surface area contributed by atoms with Crippen LogP contribution in [0.25, 0.3) is 11.1 Å². The first-order valence-electron chi connectivity index (χ1n) is 10.5. The zero-order valence-corrected chi connectivity index (χ0v) is 17.9. The van der Waals surface area contributed by atoms with Crippen LogP contribution < -0.4 is 9.47 Å². The molecular formula is C24H26N4O3. The lowest BCUT2D eigenvalue weighted by Gasteiger charge is -2.30. The molecule has 7 heteroatoms. The van der Waals surface area contributed by atoms with Crippen molar-refractivity contribution in [3.8, 4) is 28.8 Å².